The van der Waals surface area contributed by atoms with Crippen molar-refractivity contribution in [2.75, 3.05) is 39.3 Å². The first-order chi connectivity index (χ1) is 7.27. The molecule has 1 heterocycles. The van der Waals surface area contributed by atoms with Gasteiger partial charge in [-0.3, -0.25) is 4.90 Å². The highest BCUT2D eigenvalue weighted by molar-refractivity contribution is 5.69. The van der Waals surface area contributed by atoms with Crippen LogP contribution in [0.1, 0.15) is 13.3 Å². The highest BCUT2D eigenvalue weighted by Crippen LogP contribution is 2.03. The molecule has 0 aromatic carbocycles. The van der Waals surface area contributed by atoms with Crippen molar-refractivity contribution < 1.29 is 9.53 Å². The van der Waals surface area contributed by atoms with Crippen LogP contribution in [0.3, 0.4) is 0 Å². The summed E-state index contributed by atoms with van der Waals surface area (Å²) in [6, 6.07) is 2.13. The predicted molar refractivity (Wildman–Crippen MR) is 55.3 cm³/mol. The van der Waals surface area contributed by atoms with Crippen LogP contribution in [-0.4, -0.2) is 55.2 Å². The number of hydrogen-bond acceptors (Lipinski definition) is 4. The van der Waals surface area contributed by atoms with Gasteiger partial charge in [0, 0.05) is 13.1 Å². The fourth-order valence-electron chi connectivity index (χ4n) is 1.58. The minimum absolute atomic E-state index is 0.233. The van der Waals surface area contributed by atoms with Crippen molar-refractivity contribution in [2.24, 2.45) is 0 Å². The Morgan fingerprint density at radius 3 is 2.93 bits per heavy atom. The highest BCUT2D eigenvalue weighted by Gasteiger charge is 2.21. The van der Waals surface area contributed by atoms with E-state index in [1.54, 1.807) is 4.90 Å². The van der Waals surface area contributed by atoms with Gasteiger partial charge in [0.25, 0.3) is 0 Å². The van der Waals surface area contributed by atoms with Crippen LogP contribution in [0.4, 0.5) is 4.79 Å². The third kappa shape index (κ3) is 3.76. The number of hydrogen-bond donors (Lipinski definition) is 0. The van der Waals surface area contributed by atoms with Crippen LogP contribution < -0.4 is 0 Å². The second kappa shape index (κ2) is 6.25. The minimum atomic E-state index is -0.233. The van der Waals surface area contributed by atoms with E-state index in [1.165, 1.54) is 0 Å². The van der Waals surface area contributed by atoms with E-state index in [1.807, 2.05) is 4.90 Å². The Bertz CT molecular complexity index is 250. The first-order valence-corrected chi connectivity index (χ1v) is 5.29. The molecule has 5 nitrogen and oxygen atoms in total. The molecule has 0 bridgehead atoms. The summed E-state index contributed by atoms with van der Waals surface area (Å²) in [6.45, 7) is 5.97. The Morgan fingerprint density at radius 1 is 1.60 bits per heavy atom. The average molecular weight is 211 g/mol. The number of nitrogens with zero attached hydrogens (tertiary/aromatic N) is 3. The molecular weight excluding hydrogens is 194 g/mol. The zero-order chi connectivity index (χ0) is 11.1. The lowest BCUT2D eigenvalue weighted by molar-refractivity contribution is 0.154. The molecule has 1 saturated heterocycles. The van der Waals surface area contributed by atoms with E-state index >= 15 is 0 Å². The van der Waals surface area contributed by atoms with Gasteiger partial charge in [0.1, 0.15) is 6.61 Å². The molecular formula is C10H17N3O2. The fraction of sp³-hybridized carbons (Fsp3) is 0.800. The van der Waals surface area contributed by atoms with E-state index in [9.17, 15) is 4.79 Å². The number of cyclic esters (lactones) is 1. The van der Waals surface area contributed by atoms with Gasteiger partial charge in [0.05, 0.1) is 19.2 Å². The molecule has 0 N–H and O–H groups in total. The van der Waals surface area contributed by atoms with Gasteiger partial charge in [0.2, 0.25) is 0 Å². The second-order valence-electron chi connectivity index (χ2n) is 3.54. The Labute approximate surface area is 90.2 Å². The van der Waals surface area contributed by atoms with Crippen LogP contribution in [0, 0.1) is 11.3 Å². The lowest BCUT2D eigenvalue weighted by Crippen LogP contribution is -2.36. The molecule has 1 aliphatic heterocycles. The quantitative estimate of drug-likeness (QED) is 0.606. The van der Waals surface area contributed by atoms with Crippen LogP contribution in [0.2, 0.25) is 0 Å². The molecule has 0 atom stereocenters. The van der Waals surface area contributed by atoms with Crippen LogP contribution in [0.25, 0.3) is 0 Å². The summed E-state index contributed by atoms with van der Waals surface area (Å²) in [5.41, 5.74) is 0. The third-order valence-corrected chi connectivity index (χ3v) is 2.37. The normalized spacial score (nSPS) is 15.5. The Morgan fingerprint density at radius 2 is 2.40 bits per heavy atom. The van der Waals surface area contributed by atoms with Crippen molar-refractivity contribution in [1.29, 1.82) is 5.26 Å². The van der Waals surface area contributed by atoms with E-state index < -0.39 is 0 Å². The van der Waals surface area contributed by atoms with E-state index in [0.717, 1.165) is 19.5 Å². The third-order valence-electron chi connectivity index (χ3n) is 2.37. The van der Waals surface area contributed by atoms with Gasteiger partial charge in [0.15, 0.2) is 0 Å². The number of carbonyl (C=O) groups excluding carboxylic acids is 1. The summed E-state index contributed by atoms with van der Waals surface area (Å²) < 4.78 is 4.82. The topological polar surface area (TPSA) is 56.6 Å². The summed E-state index contributed by atoms with van der Waals surface area (Å²) >= 11 is 0. The van der Waals surface area contributed by atoms with Crippen LogP contribution in [-0.2, 0) is 4.74 Å². The standard InChI is InChI=1S/C10H17N3O2/c1-2-4-12(5-3-11)6-7-13-8-9-15-10(13)14/h2,4-9H2,1H3. The van der Waals surface area contributed by atoms with Gasteiger partial charge in [-0.2, -0.15) is 5.26 Å². The van der Waals surface area contributed by atoms with Gasteiger partial charge in [-0.25, -0.2) is 4.79 Å². The van der Waals surface area contributed by atoms with E-state index in [2.05, 4.69) is 13.0 Å². The number of carbonyl (C=O) groups is 1. The Kier molecular flexibility index (Phi) is 4.91. The monoisotopic (exact) mass is 211 g/mol. The largest absolute Gasteiger partial charge is 0.448 e. The minimum Gasteiger partial charge on any atom is -0.448 e. The zero-order valence-electron chi connectivity index (χ0n) is 9.11. The lowest BCUT2D eigenvalue weighted by Gasteiger charge is -2.21. The first-order valence-electron chi connectivity index (χ1n) is 5.29. The highest BCUT2D eigenvalue weighted by atomic mass is 16.6. The molecule has 1 amide bonds. The van der Waals surface area contributed by atoms with E-state index in [-0.39, 0.29) is 6.09 Å². The molecule has 1 fully saturated rings. The molecule has 0 aromatic rings. The van der Waals surface area contributed by atoms with Crippen molar-refractivity contribution >= 4 is 6.09 Å². The molecule has 0 spiro atoms. The van der Waals surface area contributed by atoms with Crippen molar-refractivity contribution in [2.45, 2.75) is 13.3 Å². The van der Waals surface area contributed by atoms with Gasteiger partial charge in [-0.15, -0.1) is 0 Å². The molecule has 0 aromatic heterocycles. The van der Waals surface area contributed by atoms with Crippen LogP contribution >= 0.6 is 0 Å². The molecule has 0 aliphatic carbocycles. The molecule has 1 rings (SSSR count). The Balaban J connectivity index is 2.26. The van der Waals surface area contributed by atoms with Gasteiger partial charge in [-0.1, -0.05) is 6.92 Å². The predicted octanol–water partition coefficient (Wildman–Crippen LogP) is 0.674. The summed E-state index contributed by atoms with van der Waals surface area (Å²) in [4.78, 5) is 14.9. The average Bonchev–Trinajstić information content (AvgIpc) is 2.61. The maximum atomic E-state index is 11.1. The number of amides is 1. The SMILES string of the molecule is CCCN(CC#N)CCN1CCOC1=O. The smallest absolute Gasteiger partial charge is 0.409 e. The molecule has 0 unspecified atom stereocenters. The molecule has 0 radical (unpaired) electrons. The summed E-state index contributed by atoms with van der Waals surface area (Å²) in [6.07, 6.45) is 0.787. The molecule has 0 saturated carbocycles. The Hall–Kier alpha value is -1.28. The van der Waals surface area contributed by atoms with Gasteiger partial charge < -0.3 is 9.64 Å². The number of rotatable bonds is 6. The van der Waals surface area contributed by atoms with Crippen molar-refractivity contribution in [3.63, 3.8) is 0 Å². The zero-order valence-corrected chi connectivity index (χ0v) is 9.11. The molecule has 15 heavy (non-hydrogen) atoms. The molecule has 1 aliphatic rings. The van der Waals surface area contributed by atoms with Crippen molar-refractivity contribution in [3.05, 3.63) is 0 Å². The summed E-state index contributed by atoms with van der Waals surface area (Å²) in [5, 5.41) is 8.61. The fourth-order valence-corrected chi connectivity index (χ4v) is 1.58. The maximum absolute atomic E-state index is 11.1. The maximum Gasteiger partial charge on any atom is 0.409 e. The number of nitriles is 1. The molecule has 84 valence electrons. The lowest BCUT2D eigenvalue weighted by atomic mass is 10.4. The first kappa shape index (κ1) is 11.8. The van der Waals surface area contributed by atoms with E-state index in [0.29, 0.717) is 26.2 Å². The van der Waals surface area contributed by atoms with Gasteiger partial charge >= 0.3 is 6.09 Å². The van der Waals surface area contributed by atoms with Crippen LogP contribution in [0.5, 0.6) is 0 Å². The van der Waals surface area contributed by atoms with Crippen molar-refractivity contribution in [1.82, 2.24) is 9.80 Å². The van der Waals surface area contributed by atoms with Gasteiger partial charge in [-0.05, 0) is 13.0 Å². The van der Waals surface area contributed by atoms with E-state index in [4.69, 9.17) is 10.00 Å². The van der Waals surface area contributed by atoms with Crippen molar-refractivity contribution in [3.8, 4) is 6.07 Å². The van der Waals surface area contributed by atoms with Crippen LogP contribution in [0.15, 0.2) is 0 Å². The summed E-state index contributed by atoms with van der Waals surface area (Å²) in [5.74, 6) is 0. The number of ether oxygens (including phenoxy) is 1. The molecule has 5 heteroatoms. The summed E-state index contributed by atoms with van der Waals surface area (Å²) in [7, 11) is 0. The second-order valence-corrected chi connectivity index (χ2v) is 3.54.